The number of nitrogens with zero attached hydrogens (tertiary/aromatic N) is 2. The first-order valence-electron chi connectivity index (χ1n) is 5.59. The third-order valence-electron chi connectivity index (χ3n) is 3.06. The van der Waals surface area contributed by atoms with Crippen molar-refractivity contribution in [1.29, 1.82) is 0 Å². The van der Waals surface area contributed by atoms with Gasteiger partial charge in [-0.2, -0.15) is 0 Å². The summed E-state index contributed by atoms with van der Waals surface area (Å²) in [5.74, 6) is 0.0129. The highest BCUT2D eigenvalue weighted by Crippen LogP contribution is 2.28. The zero-order valence-corrected chi connectivity index (χ0v) is 9.26. The SMILES string of the molecule is O=C(O)CN1CCc2cc3ccccc3nc21. The summed E-state index contributed by atoms with van der Waals surface area (Å²) in [6.45, 7) is 0.767. The van der Waals surface area contributed by atoms with E-state index in [0.717, 1.165) is 35.2 Å². The molecule has 3 rings (SSSR count). The summed E-state index contributed by atoms with van der Waals surface area (Å²) < 4.78 is 0. The van der Waals surface area contributed by atoms with E-state index in [1.807, 2.05) is 29.2 Å². The van der Waals surface area contributed by atoms with Crippen LogP contribution in [0.4, 0.5) is 5.82 Å². The Bertz CT molecular complexity index is 595. The van der Waals surface area contributed by atoms with Crippen LogP contribution in [0.25, 0.3) is 10.9 Å². The van der Waals surface area contributed by atoms with Crippen LogP contribution in [0, 0.1) is 0 Å². The van der Waals surface area contributed by atoms with Crippen molar-refractivity contribution in [2.75, 3.05) is 18.0 Å². The minimum absolute atomic E-state index is 0.0261. The van der Waals surface area contributed by atoms with Gasteiger partial charge in [-0.25, -0.2) is 4.98 Å². The van der Waals surface area contributed by atoms with E-state index in [1.165, 1.54) is 0 Å². The van der Waals surface area contributed by atoms with E-state index in [2.05, 4.69) is 11.1 Å². The summed E-state index contributed by atoms with van der Waals surface area (Å²) in [6, 6.07) is 10.0. The summed E-state index contributed by atoms with van der Waals surface area (Å²) >= 11 is 0. The zero-order chi connectivity index (χ0) is 11.8. The van der Waals surface area contributed by atoms with Crippen molar-refractivity contribution in [3.63, 3.8) is 0 Å². The fraction of sp³-hybridized carbons (Fsp3) is 0.231. The molecule has 0 saturated heterocycles. The molecule has 1 aromatic heterocycles. The number of para-hydroxylation sites is 1. The standard InChI is InChI=1S/C13H12N2O2/c16-12(17)8-15-6-5-10-7-9-3-1-2-4-11(9)14-13(10)15/h1-4,7H,5-6,8H2,(H,16,17). The van der Waals surface area contributed by atoms with Crippen molar-refractivity contribution < 1.29 is 9.90 Å². The Kier molecular flexibility index (Phi) is 2.21. The highest BCUT2D eigenvalue weighted by Gasteiger charge is 2.22. The Morgan fingerprint density at radius 3 is 3.06 bits per heavy atom. The van der Waals surface area contributed by atoms with E-state index >= 15 is 0 Å². The number of hydrogen-bond acceptors (Lipinski definition) is 3. The van der Waals surface area contributed by atoms with Crippen LogP contribution < -0.4 is 4.90 Å². The maximum absolute atomic E-state index is 10.8. The third-order valence-corrected chi connectivity index (χ3v) is 3.06. The van der Waals surface area contributed by atoms with Gasteiger partial charge in [0.15, 0.2) is 0 Å². The number of rotatable bonds is 2. The van der Waals surface area contributed by atoms with Crippen LogP contribution in [0.2, 0.25) is 0 Å². The second kappa shape index (κ2) is 3.73. The lowest BCUT2D eigenvalue weighted by atomic mass is 10.1. The van der Waals surface area contributed by atoms with Crippen molar-refractivity contribution in [1.82, 2.24) is 4.98 Å². The Hall–Kier alpha value is -2.10. The van der Waals surface area contributed by atoms with Crippen LogP contribution in [-0.4, -0.2) is 29.1 Å². The molecular weight excluding hydrogens is 216 g/mol. The predicted octanol–water partition coefficient (Wildman–Crippen LogP) is 1.68. The highest BCUT2D eigenvalue weighted by atomic mass is 16.4. The summed E-state index contributed by atoms with van der Waals surface area (Å²) in [4.78, 5) is 17.1. The first-order chi connectivity index (χ1) is 8.24. The Labute approximate surface area is 98.5 Å². The molecule has 1 aliphatic rings. The second-order valence-electron chi connectivity index (χ2n) is 4.23. The number of pyridine rings is 1. The van der Waals surface area contributed by atoms with Crippen molar-refractivity contribution >= 4 is 22.7 Å². The molecule has 4 nitrogen and oxygen atoms in total. The van der Waals surface area contributed by atoms with E-state index in [1.54, 1.807) is 0 Å². The lowest BCUT2D eigenvalue weighted by Gasteiger charge is -2.15. The number of carboxylic acid groups (broad SMARTS) is 1. The van der Waals surface area contributed by atoms with Gasteiger partial charge in [0.25, 0.3) is 0 Å². The molecule has 4 heteroatoms. The monoisotopic (exact) mass is 228 g/mol. The molecule has 0 saturated carbocycles. The van der Waals surface area contributed by atoms with Gasteiger partial charge in [0.2, 0.25) is 0 Å². The first kappa shape index (κ1) is 10.1. The number of benzene rings is 1. The molecule has 0 aliphatic carbocycles. The van der Waals surface area contributed by atoms with Gasteiger partial charge in [-0.05, 0) is 24.1 Å². The Morgan fingerprint density at radius 2 is 2.24 bits per heavy atom. The number of fused-ring (bicyclic) bond motifs is 2. The van der Waals surface area contributed by atoms with Crippen LogP contribution in [0.5, 0.6) is 0 Å². The van der Waals surface area contributed by atoms with Gasteiger partial charge in [0.1, 0.15) is 12.4 Å². The number of hydrogen-bond donors (Lipinski definition) is 1. The molecule has 2 heterocycles. The molecular formula is C13H12N2O2. The number of carbonyl (C=O) groups is 1. The summed E-state index contributed by atoms with van der Waals surface area (Å²) in [5.41, 5.74) is 2.06. The van der Waals surface area contributed by atoms with E-state index in [4.69, 9.17) is 5.11 Å². The number of anilines is 1. The minimum Gasteiger partial charge on any atom is -0.480 e. The predicted molar refractivity (Wildman–Crippen MR) is 65.3 cm³/mol. The van der Waals surface area contributed by atoms with E-state index in [-0.39, 0.29) is 6.54 Å². The third kappa shape index (κ3) is 1.71. The Morgan fingerprint density at radius 1 is 1.41 bits per heavy atom. The lowest BCUT2D eigenvalue weighted by Crippen LogP contribution is -2.28. The van der Waals surface area contributed by atoms with Crippen LogP contribution in [0.3, 0.4) is 0 Å². The van der Waals surface area contributed by atoms with Crippen molar-refractivity contribution in [3.8, 4) is 0 Å². The highest BCUT2D eigenvalue weighted by molar-refractivity contribution is 5.83. The van der Waals surface area contributed by atoms with Crippen LogP contribution in [0.15, 0.2) is 30.3 Å². The van der Waals surface area contributed by atoms with E-state index < -0.39 is 5.97 Å². The molecule has 2 aromatic rings. The number of aliphatic carboxylic acids is 1. The summed E-state index contributed by atoms with van der Waals surface area (Å²) in [5, 5.41) is 9.96. The molecule has 1 N–H and O–H groups in total. The molecule has 0 atom stereocenters. The number of carboxylic acids is 1. The van der Waals surface area contributed by atoms with Gasteiger partial charge in [-0.1, -0.05) is 18.2 Å². The van der Waals surface area contributed by atoms with E-state index in [0.29, 0.717) is 0 Å². The zero-order valence-electron chi connectivity index (χ0n) is 9.26. The molecule has 0 amide bonds. The normalized spacial score (nSPS) is 14.0. The molecule has 1 aromatic carbocycles. The average molecular weight is 228 g/mol. The molecule has 1 aliphatic heterocycles. The van der Waals surface area contributed by atoms with E-state index in [9.17, 15) is 4.79 Å². The first-order valence-corrected chi connectivity index (χ1v) is 5.59. The fourth-order valence-corrected chi connectivity index (χ4v) is 2.29. The molecule has 17 heavy (non-hydrogen) atoms. The van der Waals surface area contributed by atoms with Gasteiger partial charge in [0.05, 0.1) is 5.52 Å². The maximum atomic E-state index is 10.8. The largest absolute Gasteiger partial charge is 0.480 e. The minimum atomic E-state index is -0.812. The van der Waals surface area contributed by atoms with Gasteiger partial charge >= 0.3 is 5.97 Å². The molecule has 0 radical (unpaired) electrons. The van der Waals surface area contributed by atoms with Crippen LogP contribution >= 0.6 is 0 Å². The topological polar surface area (TPSA) is 53.4 Å². The Balaban J connectivity index is 2.08. The molecule has 0 spiro atoms. The van der Waals surface area contributed by atoms with Gasteiger partial charge in [-0.3, -0.25) is 4.79 Å². The lowest BCUT2D eigenvalue weighted by molar-refractivity contribution is -0.135. The van der Waals surface area contributed by atoms with Gasteiger partial charge in [0, 0.05) is 11.9 Å². The fourth-order valence-electron chi connectivity index (χ4n) is 2.29. The van der Waals surface area contributed by atoms with Crippen LogP contribution in [0.1, 0.15) is 5.56 Å². The van der Waals surface area contributed by atoms with Crippen LogP contribution in [-0.2, 0) is 11.2 Å². The molecule has 0 fully saturated rings. The molecule has 0 bridgehead atoms. The second-order valence-corrected chi connectivity index (χ2v) is 4.23. The molecule has 86 valence electrons. The summed E-state index contributed by atoms with van der Waals surface area (Å²) in [6.07, 6.45) is 0.875. The smallest absolute Gasteiger partial charge is 0.323 e. The van der Waals surface area contributed by atoms with Crippen molar-refractivity contribution in [2.24, 2.45) is 0 Å². The maximum Gasteiger partial charge on any atom is 0.323 e. The van der Waals surface area contributed by atoms with Gasteiger partial charge < -0.3 is 10.0 Å². The summed E-state index contributed by atoms with van der Waals surface area (Å²) in [7, 11) is 0. The molecule has 0 unspecified atom stereocenters. The van der Waals surface area contributed by atoms with Crippen molar-refractivity contribution in [2.45, 2.75) is 6.42 Å². The van der Waals surface area contributed by atoms with Crippen molar-refractivity contribution in [3.05, 3.63) is 35.9 Å². The van der Waals surface area contributed by atoms with Gasteiger partial charge in [-0.15, -0.1) is 0 Å². The average Bonchev–Trinajstić information content (AvgIpc) is 2.68. The number of aromatic nitrogens is 1. The quantitative estimate of drug-likeness (QED) is 0.849.